The summed E-state index contributed by atoms with van der Waals surface area (Å²) in [6.45, 7) is 3.17. The van der Waals surface area contributed by atoms with Crippen LogP contribution in [0.25, 0.3) is 0 Å². The number of piperidine rings is 1. The van der Waals surface area contributed by atoms with Gasteiger partial charge in [0.2, 0.25) is 0 Å². The normalized spacial score (nSPS) is 25.4. The third kappa shape index (κ3) is 2.84. The van der Waals surface area contributed by atoms with E-state index in [2.05, 4.69) is 33.5 Å². The van der Waals surface area contributed by atoms with Crippen molar-refractivity contribution in [3.8, 4) is 0 Å². The molecule has 2 rings (SSSR count). The van der Waals surface area contributed by atoms with Crippen LogP contribution in [-0.2, 0) is 0 Å². The quantitative estimate of drug-likeness (QED) is 0.881. The summed E-state index contributed by atoms with van der Waals surface area (Å²) in [5.41, 5.74) is 0. The van der Waals surface area contributed by atoms with E-state index in [9.17, 15) is 4.79 Å². The second-order valence-electron chi connectivity index (χ2n) is 4.07. The lowest BCUT2D eigenvalue weighted by molar-refractivity contribution is 0.0924. The van der Waals surface area contributed by atoms with Crippen LogP contribution < -0.4 is 10.6 Å². The first-order valence-electron chi connectivity index (χ1n) is 5.46. The van der Waals surface area contributed by atoms with Gasteiger partial charge in [-0.25, -0.2) is 0 Å². The number of carbonyl (C=O) groups is 1. The minimum Gasteiger partial charge on any atom is -0.347 e. The van der Waals surface area contributed by atoms with E-state index < -0.39 is 0 Å². The maximum atomic E-state index is 11.9. The van der Waals surface area contributed by atoms with Gasteiger partial charge in [-0.15, -0.1) is 11.3 Å². The Balaban J connectivity index is 1.96. The maximum Gasteiger partial charge on any atom is 0.261 e. The summed E-state index contributed by atoms with van der Waals surface area (Å²) in [6, 6.07) is 4.37. The van der Waals surface area contributed by atoms with Gasteiger partial charge in [0.25, 0.3) is 5.91 Å². The summed E-state index contributed by atoms with van der Waals surface area (Å²) in [7, 11) is 0. The molecule has 1 aliphatic rings. The number of nitrogens with one attached hydrogen (secondary N) is 2. The zero-order chi connectivity index (χ0) is 11.5. The number of halogens is 1. The predicted octanol–water partition coefficient (Wildman–Crippen LogP) is 2.38. The molecule has 0 bridgehead atoms. The second kappa shape index (κ2) is 5.29. The number of carbonyl (C=O) groups excluding carboxylic acids is 1. The molecule has 3 nitrogen and oxygen atoms in total. The highest BCUT2D eigenvalue weighted by molar-refractivity contribution is 9.11. The Hall–Kier alpha value is -0.390. The van der Waals surface area contributed by atoms with Gasteiger partial charge in [0.05, 0.1) is 8.66 Å². The number of hydrogen-bond acceptors (Lipinski definition) is 3. The van der Waals surface area contributed by atoms with Crippen LogP contribution in [0.4, 0.5) is 0 Å². The fourth-order valence-corrected chi connectivity index (χ4v) is 3.21. The van der Waals surface area contributed by atoms with Crippen molar-refractivity contribution in [3.05, 3.63) is 20.8 Å². The zero-order valence-electron chi connectivity index (χ0n) is 9.13. The van der Waals surface area contributed by atoms with E-state index in [0.717, 1.165) is 28.0 Å². The van der Waals surface area contributed by atoms with Crippen LogP contribution in [0.2, 0.25) is 0 Å². The Bertz CT molecular complexity index is 380. The van der Waals surface area contributed by atoms with Gasteiger partial charge in [-0.2, -0.15) is 0 Å². The molecule has 1 amide bonds. The van der Waals surface area contributed by atoms with Crippen molar-refractivity contribution in [2.24, 2.45) is 0 Å². The third-order valence-electron chi connectivity index (χ3n) is 2.88. The van der Waals surface area contributed by atoms with Crippen molar-refractivity contribution in [2.45, 2.75) is 31.8 Å². The van der Waals surface area contributed by atoms with Crippen molar-refractivity contribution < 1.29 is 4.79 Å². The van der Waals surface area contributed by atoms with E-state index >= 15 is 0 Å². The molecule has 0 spiro atoms. The summed E-state index contributed by atoms with van der Waals surface area (Å²) in [4.78, 5) is 12.7. The van der Waals surface area contributed by atoms with Crippen LogP contribution in [0.15, 0.2) is 15.9 Å². The molecule has 2 N–H and O–H groups in total. The van der Waals surface area contributed by atoms with Crippen LogP contribution in [0.5, 0.6) is 0 Å². The molecular formula is C11H15BrN2OS. The molecule has 16 heavy (non-hydrogen) atoms. The molecule has 1 fully saturated rings. The van der Waals surface area contributed by atoms with E-state index in [0.29, 0.717) is 6.04 Å². The van der Waals surface area contributed by atoms with Gasteiger partial charge in [0.15, 0.2) is 0 Å². The third-order valence-corrected chi connectivity index (χ3v) is 4.50. The van der Waals surface area contributed by atoms with Gasteiger partial charge in [-0.1, -0.05) is 0 Å². The Morgan fingerprint density at radius 1 is 1.62 bits per heavy atom. The van der Waals surface area contributed by atoms with Gasteiger partial charge >= 0.3 is 0 Å². The SMILES string of the molecule is CC1NCCCC1NC(=O)c1ccc(Br)s1. The maximum absolute atomic E-state index is 11.9. The fraction of sp³-hybridized carbons (Fsp3) is 0.545. The summed E-state index contributed by atoms with van der Waals surface area (Å²) in [5, 5.41) is 6.46. The zero-order valence-corrected chi connectivity index (χ0v) is 11.5. The first-order chi connectivity index (χ1) is 7.66. The van der Waals surface area contributed by atoms with Crippen molar-refractivity contribution in [3.63, 3.8) is 0 Å². The Kier molecular flexibility index (Phi) is 4.00. The number of hydrogen-bond donors (Lipinski definition) is 2. The van der Waals surface area contributed by atoms with Gasteiger partial charge in [-0.05, 0) is 54.4 Å². The predicted molar refractivity (Wildman–Crippen MR) is 70.0 cm³/mol. The first kappa shape index (κ1) is 12.1. The standard InChI is InChI=1S/C11H15BrN2OS/c1-7-8(3-2-6-13-7)14-11(15)9-4-5-10(12)16-9/h4-5,7-8,13H,2-3,6H2,1H3,(H,14,15). The lowest BCUT2D eigenvalue weighted by Gasteiger charge is -2.30. The van der Waals surface area contributed by atoms with Gasteiger partial charge < -0.3 is 10.6 Å². The lowest BCUT2D eigenvalue weighted by atomic mass is 10.00. The summed E-state index contributed by atoms with van der Waals surface area (Å²) < 4.78 is 0.993. The van der Waals surface area contributed by atoms with Crippen molar-refractivity contribution in [1.29, 1.82) is 0 Å². The fourth-order valence-electron chi connectivity index (χ4n) is 1.92. The largest absolute Gasteiger partial charge is 0.347 e. The molecule has 5 heteroatoms. The number of amides is 1. The van der Waals surface area contributed by atoms with Crippen LogP contribution in [0.3, 0.4) is 0 Å². The van der Waals surface area contributed by atoms with Gasteiger partial charge in [0.1, 0.15) is 0 Å². The smallest absolute Gasteiger partial charge is 0.261 e. The average molecular weight is 303 g/mol. The van der Waals surface area contributed by atoms with Gasteiger partial charge in [-0.3, -0.25) is 4.79 Å². The summed E-state index contributed by atoms with van der Waals surface area (Å²) in [6.07, 6.45) is 2.19. The molecule has 0 aromatic carbocycles. The molecule has 2 heterocycles. The van der Waals surface area contributed by atoms with Gasteiger partial charge in [0, 0.05) is 12.1 Å². The van der Waals surface area contributed by atoms with Crippen molar-refractivity contribution in [1.82, 2.24) is 10.6 Å². The van der Waals surface area contributed by atoms with Crippen LogP contribution in [-0.4, -0.2) is 24.5 Å². The Labute approximate surface area is 108 Å². The molecule has 1 aromatic rings. The molecule has 0 radical (unpaired) electrons. The van der Waals surface area contributed by atoms with Crippen molar-refractivity contribution in [2.75, 3.05) is 6.54 Å². The number of thiophene rings is 1. The van der Waals surface area contributed by atoms with E-state index in [4.69, 9.17) is 0 Å². The van der Waals surface area contributed by atoms with Crippen LogP contribution >= 0.6 is 27.3 Å². The van der Waals surface area contributed by atoms with E-state index in [1.165, 1.54) is 11.3 Å². The molecule has 88 valence electrons. The van der Waals surface area contributed by atoms with E-state index in [-0.39, 0.29) is 11.9 Å². The molecule has 1 aromatic heterocycles. The van der Waals surface area contributed by atoms with E-state index in [1.807, 2.05) is 12.1 Å². The second-order valence-corrected chi connectivity index (χ2v) is 6.53. The highest BCUT2D eigenvalue weighted by Crippen LogP contribution is 2.22. The molecule has 1 aliphatic heterocycles. The highest BCUT2D eigenvalue weighted by Gasteiger charge is 2.23. The Morgan fingerprint density at radius 2 is 2.44 bits per heavy atom. The summed E-state index contributed by atoms with van der Waals surface area (Å²) >= 11 is 4.83. The molecule has 2 atom stereocenters. The molecular weight excluding hydrogens is 288 g/mol. The molecule has 1 saturated heterocycles. The minimum atomic E-state index is 0.0382. The molecule has 2 unspecified atom stereocenters. The lowest BCUT2D eigenvalue weighted by Crippen LogP contribution is -2.51. The minimum absolute atomic E-state index is 0.0382. The highest BCUT2D eigenvalue weighted by atomic mass is 79.9. The van der Waals surface area contributed by atoms with E-state index in [1.54, 1.807) is 0 Å². The summed E-state index contributed by atoms with van der Waals surface area (Å²) in [5.74, 6) is 0.0382. The van der Waals surface area contributed by atoms with Crippen LogP contribution in [0, 0.1) is 0 Å². The molecule has 0 aliphatic carbocycles. The van der Waals surface area contributed by atoms with Crippen molar-refractivity contribution >= 4 is 33.2 Å². The van der Waals surface area contributed by atoms with Crippen LogP contribution in [0.1, 0.15) is 29.4 Å². The average Bonchev–Trinajstić information content (AvgIpc) is 2.68. The topological polar surface area (TPSA) is 41.1 Å². The Morgan fingerprint density at radius 3 is 3.06 bits per heavy atom. The molecule has 0 saturated carbocycles. The first-order valence-corrected chi connectivity index (χ1v) is 7.07. The monoisotopic (exact) mass is 302 g/mol. The number of rotatable bonds is 2.